The van der Waals surface area contributed by atoms with Crippen LogP contribution >= 0.6 is 0 Å². The Labute approximate surface area is 84.8 Å². The molecule has 1 rings (SSSR count). The lowest BCUT2D eigenvalue weighted by molar-refractivity contribution is -0.168. The van der Waals surface area contributed by atoms with Gasteiger partial charge in [-0.3, -0.25) is 4.90 Å². The summed E-state index contributed by atoms with van der Waals surface area (Å²) in [5.74, 6) is -0.895. The zero-order valence-corrected chi connectivity index (χ0v) is 9.12. The lowest BCUT2D eigenvalue weighted by Crippen LogP contribution is -2.63. The van der Waals surface area contributed by atoms with Crippen LogP contribution in [0.4, 0.5) is 0 Å². The van der Waals surface area contributed by atoms with E-state index < -0.39 is 5.97 Å². The van der Waals surface area contributed by atoms with Crippen LogP contribution in [0.25, 0.3) is 0 Å². The standard InChI is InChI=1S/C10H19NO3/c1-4-8(2)11-6-10(3,7-11)14-5-9(12)13/h8H,4-7H2,1-3H3,(H,12,13). The Morgan fingerprint density at radius 3 is 2.64 bits per heavy atom. The summed E-state index contributed by atoms with van der Waals surface area (Å²) in [5, 5.41) is 8.48. The molecule has 82 valence electrons. The van der Waals surface area contributed by atoms with Crippen LogP contribution in [0.1, 0.15) is 27.2 Å². The number of hydrogen-bond acceptors (Lipinski definition) is 3. The second-order valence-electron chi connectivity index (χ2n) is 4.29. The van der Waals surface area contributed by atoms with E-state index in [0.29, 0.717) is 6.04 Å². The molecular formula is C10H19NO3. The topological polar surface area (TPSA) is 49.8 Å². The molecule has 1 N–H and O–H groups in total. The molecular weight excluding hydrogens is 182 g/mol. The molecule has 1 aliphatic heterocycles. The van der Waals surface area contributed by atoms with Gasteiger partial charge in [-0.2, -0.15) is 0 Å². The first kappa shape index (κ1) is 11.5. The van der Waals surface area contributed by atoms with Gasteiger partial charge in [-0.15, -0.1) is 0 Å². The summed E-state index contributed by atoms with van der Waals surface area (Å²) in [5.41, 5.74) is -0.248. The van der Waals surface area contributed by atoms with Gasteiger partial charge in [-0.25, -0.2) is 4.79 Å². The fourth-order valence-corrected chi connectivity index (χ4v) is 1.71. The van der Waals surface area contributed by atoms with Gasteiger partial charge in [0.25, 0.3) is 0 Å². The Morgan fingerprint density at radius 2 is 2.21 bits per heavy atom. The number of hydrogen-bond donors (Lipinski definition) is 1. The molecule has 0 radical (unpaired) electrons. The smallest absolute Gasteiger partial charge is 0.329 e. The highest BCUT2D eigenvalue weighted by atomic mass is 16.5. The van der Waals surface area contributed by atoms with E-state index in [1.54, 1.807) is 0 Å². The molecule has 1 saturated heterocycles. The first-order chi connectivity index (χ1) is 6.47. The predicted octanol–water partition coefficient (Wildman–Crippen LogP) is 0.960. The number of nitrogens with zero attached hydrogens (tertiary/aromatic N) is 1. The van der Waals surface area contributed by atoms with Crippen LogP contribution in [0.5, 0.6) is 0 Å². The van der Waals surface area contributed by atoms with Crippen molar-refractivity contribution < 1.29 is 14.6 Å². The highest BCUT2D eigenvalue weighted by molar-refractivity contribution is 5.68. The third kappa shape index (κ3) is 2.69. The number of rotatable bonds is 5. The van der Waals surface area contributed by atoms with E-state index >= 15 is 0 Å². The molecule has 1 aliphatic rings. The van der Waals surface area contributed by atoms with Crippen LogP contribution in [0.3, 0.4) is 0 Å². The molecule has 0 aromatic heterocycles. The Bertz CT molecular complexity index is 211. The van der Waals surface area contributed by atoms with E-state index in [1.807, 2.05) is 6.92 Å². The largest absolute Gasteiger partial charge is 0.480 e. The second kappa shape index (κ2) is 4.28. The summed E-state index contributed by atoms with van der Waals surface area (Å²) in [6, 6.07) is 0.566. The maximum Gasteiger partial charge on any atom is 0.329 e. The number of carboxylic acids is 1. The zero-order valence-electron chi connectivity index (χ0n) is 9.12. The van der Waals surface area contributed by atoms with E-state index in [9.17, 15) is 4.79 Å². The molecule has 1 unspecified atom stereocenters. The van der Waals surface area contributed by atoms with Gasteiger partial charge in [-0.1, -0.05) is 6.92 Å². The van der Waals surface area contributed by atoms with Crippen molar-refractivity contribution in [3.63, 3.8) is 0 Å². The number of carbonyl (C=O) groups is 1. The highest BCUT2D eigenvalue weighted by Gasteiger charge is 2.41. The zero-order chi connectivity index (χ0) is 10.8. The first-order valence-corrected chi connectivity index (χ1v) is 5.06. The summed E-state index contributed by atoms with van der Waals surface area (Å²) >= 11 is 0. The SMILES string of the molecule is CCC(C)N1CC(C)(OCC(=O)O)C1. The van der Waals surface area contributed by atoms with E-state index in [1.165, 1.54) is 0 Å². The number of aliphatic carboxylic acids is 1. The number of ether oxygens (including phenoxy) is 1. The molecule has 4 heteroatoms. The quantitative estimate of drug-likeness (QED) is 0.719. The average molecular weight is 201 g/mol. The van der Waals surface area contributed by atoms with Crippen molar-refractivity contribution >= 4 is 5.97 Å². The Balaban J connectivity index is 2.26. The fourth-order valence-electron chi connectivity index (χ4n) is 1.71. The number of carboxylic acid groups (broad SMARTS) is 1. The maximum absolute atomic E-state index is 10.3. The van der Waals surface area contributed by atoms with Crippen molar-refractivity contribution in [1.29, 1.82) is 0 Å². The number of likely N-dealkylation sites (tertiary alicyclic amines) is 1. The van der Waals surface area contributed by atoms with Crippen LogP contribution in [-0.4, -0.2) is 47.3 Å². The molecule has 0 saturated carbocycles. The molecule has 0 aromatic carbocycles. The average Bonchev–Trinajstić information content (AvgIpc) is 2.09. The van der Waals surface area contributed by atoms with Gasteiger partial charge in [0.2, 0.25) is 0 Å². The van der Waals surface area contributed by atoms with E-state index in [4.69, 9.17) is 9.84 Å². The van der Waals surface area contributed by atoms with Gasteiger partial charge >= 0.3 is 5.97 Å². The molecule has 4 nitrogen and oxygen atoms in total. The molecule has 0 aromatic rings. The third-order valence-corrected chi connectivity index (χ3v) is 2.83. The lowest BCUT2D eigenvalue weighted by Gasteiger charge is -2.50. The highest BCUT2D eigenvalue weighted by Crippen LogP contribution is 2.27. The van der Waals surface area contributed by atoms with Crippen molar-refractivity contribution in [1.82, 2.24) is 4.90 Å². The van der Waals surface area contributed by atoms with Crippen LogP contribution in [0, 0.1) is 0 Å². The lowest BCUT2D eigenvalue weighted by atomic mass is 9.94. The summed E-state index contributed by atoms with van der Waals surface area (Å²) in [6.07, 6.45) is 1.12. The Morgan fingerprint density at radius 1 is 1.64 bits per heavy atom. The molecule has 14 heavy (non-hydrogen) atoms. The minimum Gasteiger partial charge on any atom is -0.480 e. The van der Waals surface area contributed by atoms with E-state index in [-0.39, 0.29) is 12.2 Å². The van der Waals surface area contributed by atoms with Gasteiger partial charge in [0.1, 0.15) is 6.61 Å². The molecule has 1 heterocycles. The molecule has 1 atom stereocenters. The normalized spacial score (nSPS) is 22.8. The van der Waals surface area contributed by atoms with Crippen molar-refractivity contribution in [2.45, 2.75) is 38.8 Å². The summed E-state index contributed by atoms with van der Waals surface area (Å²) in [6.45, 7) is 7.79. The van der Waals surface area contributed by atoms with E-state index in [2.05, 4.69) is 18.7 Å². The van der Waals surface area contributed by atoms with Gasteiger partial charge in [0.05, 0.1) is 5.60 Å². The van der Waals surface area contributed by atoms with Crippen molar-refractivity contribution in [3.05, 3.63) is 0 Å². The fraction of sp³-hybridized carbons (Fsp3) is 0.900. The van der Waals surface area contributed by atoms with Crippen molar-refractivity contribution in [2.24, 2.45) is 0 Å². The summed E-state index contributed by atoms with van der Waals surface area (Å²) < 4.78 is 5.31. The van der Waals surface area contributed by atoms with Crippen molar-refractivity contribution in [2.75, 3.05) is 19.7 Å². The summed E-state index contributed by atoms with van der Waals surface area (Å²) in [7, 11) is 0. The Hall–Kier alpha value is -0.610. The van der Waals surface area contributed by atoms with Crippen LogP contribution in [0.15, 0.2) is 0 Å². The van der Waals surface area contributed by atoms with Gasteiger partial charge in [0, 0.05) is 19.1 Å². The van der Waals surface area contributed by atoms with Gasteiger partial charge in [-0.05, 0) is 20.3 Å². The molecule has 0 spiro atoms. The second-order valence-corrected chi connectivity index (χ2v) is 4.29. The third-order valence-electron chi connectivity index (χ3n) is 2.83. The van der Waals surface area contributed by atoms with Gasteiger partial charge < -0.3 is 9.84 Å². The van der Waals surface area contributed by atoms with Crippen molar-refractivity contribution in [3.8, 4) is 0 Å². The molecule has 0 amide bonds. The minimum atomic E-state index is -0.895. The molecule has 0 aliphatic carbocycles. The maximum atomic E-state index is 10.3. The molecule has 0 bridgehead atoms. The van der Waals surface area contributed by atoms with E-state index in [0.717, 1.165) is 19.5 Å². The minimum absolute atomic E-state index is 0.190. The first-order valence-electron chi connectivity index (χ1n) is 5.06. The predicted molar refractivity (Wildman–Crippen MR) is 53.3 cm³/mol. The molecule has 1 fully saturated rings. The van der Waals surface area contributed by atoms with Crippen LogP contribution < -0.4 is 0 Å². The van der Waals surface area contributed by atoms with Crippen LogP contribution in [-0.2, 0) is 9.53 Å². The summed E-state index contributed by atoms with van der Waals surface area (Å²) in [4.78, 5) is 12.6. The van der Waals surface area contributed by atoms with Crippen LogP contribution in [0.2, 0.25) is 0 Å². The monoisotopic (exact) mass is 201 g/mol. The van der Waals surface area contributed by atoms with Gasteiger partial charge in [0.15, 0.2) is 0 Å². The Kier molecular flexibility index (Phi) is 3.50.